The Morgan fingerprint density at radius 3 is 2.52 bits per heavy atom. The van der Waals surface area contributed by atoms with E-state index in [-0.39, 0.29) is 5.75 Å². The highest BCUT2D eigenvalue weighted by Crippen LogP contribution is 2.26. The molecule has 0 aliphatic carbocycles. The summed E-state index contributed by atoms with van der Waals surface area (Å²) in [6.07, 6.45) is 7.05. The van der Waals surface area contributed by atoms with Crippen molar-refractivity contribution in [3.63, 3.8) is 0 Å². The molecule has 1 aliphatic heterocycles. The van der Waals surface area contributed by atoms with E-state index in [1.165, 1.54) is 31.4 Å². The third kappa shape index (κ3) is 4.96. The van der Waals surface area contributed by atoms with E-state index in [4.69, 9.17) is 0 Å². The minimum absolute atomic E-state index is 0.117. The largest absolute Gasteiger partial charge is 0.435 e. The van der Waals surface area contributed by atoms with Gasteiger partial charge in [0.15, 0.2) is 5.82 Å². The lowest BCUT2D eigenvalue weighted by Gasteiger charge is -2.27. The Hall–Kier alpha value is -3.29. The molecule has 1 saturated heterocycles. The van der Waals surface area contributed by atoms with Gasteiger partial charge in [0.05, 0.1) is 6.20 Å². The molecule has 1 aliphatic rings. The van der Waals surface area contributed by atoms with E-state index in [1.54, 1.807) is 24.5 Å². The van der Waals surface area contributed by atoms with Crippen LogP contribution < -0.4 is 15.0 Å². The Morgan fingerprint density at radius 2 is 1.76 bits per heavy atom. The zero-order valence-corrected chi connectivity index (χ0v) is 15.8. The standard InChI is InChI=1S/C21H21F2N5O/c22-21(23)29-18-6-4-15(5-7-18)16-12-19(27-25-14-16)26-17-8-9-24-20(13-17)28-10-2-1-3-11-28/h4-9,12-14,21H,1-3,10-11H2,(H,24,26,27). The number of alkyl halides is 2. The number of ether oxygens (including phenoxy) is 1. The van der Waals surface area contributed by atoms with Gasteiger partial charge in [0.25, 0.3) is 0 Å². The molecule has 0 bridgehead atoms. The van der Waals surface area contributed by atoms with Crippen LogP contribution in [0.25, 0.3) is 11.1 Å². The van der Waals surface area contributed by atoms with Gasteiger partial charge in [-0.25, -0.2) is 4.98 Å². The first-order chi connectivity index (χ1) is 14.2. The van der Waals surface area contributed by atoms with Gasteiger partial charge in [-0.15, -0.1) is 5.10 Å². The number of hydrogen-bond donors (Lipinski definition) is 1. The molecule has 1 aromatic carbocycles. The predicted octanol–water partition coefficient (Wildman–Crippen LogP) is 4.87. The van der Waals surface area contributed by atoms with Gasteiger partial charge >= 0.3 is 6.61 Å². The molecule has 0 radical (unpaired) electrons. The molecule has 3 aromatic rings. The summed E-state index contributed by atoms with van der Waals surface area (Å²) in [5.41, 5.74) is 2.53. The summed E-state index contributed by atoms with van der Waals surface area (Å²) in [4.78, 5) is 6.77. The quantitative estimate of drug-likeness (QED) is 0.640. The maximum atomic E-state index is 12.3. The fourth-order valence-corrected chi connectivity index (χ4v) is 3.35. The van der Waals surface area contributed by atoms with Crippen molar-refractivity contribution in [2.75, 3.05) is 23.3 Å². The molecule has 6 nitrogen and oxygen atoms in total. The van der Waals surface area contributed by atoms with Crippen LogP contribution in [0.15, 0.2) is 54.9 Å². The van der Waals surface area contributed by atoms with Gasteiger partial charge in [0.1, 0.15) is 11.6 Å². The molecule has 8 heteroatoms. The summed E-state index contributed by atoms with van der Waals surface area (Å²) in [6.45, 7) is -0.789. The van der Waals surface area contributed by atoms with Crippen molar-refractivity contribution in [1.82, 2.24) is 15.2 Å². The van der Waals surface area contributed by atoms with Crippen LogP contribution in [-0.2, 0) is 0 Å². The van der Waals surface area contributed by atoms with Crippen LogP contribution in [0.2, 0.25) is 0 Å². The average Bonchev–Trinajstić information content (AvgIpc) is 2.75. The third-order valence-corrected chi connectivity index (χ3v) is 4.77. The highest BCUT2D eigenvalue weighted by molar-refractivity contribution is 5.68. The molecule has 150 valence electrons. The molecule has 0 amide bonds. The second-order valence-corrected chi connectivity index (χ2v) is 6.81. The molecular formula is C21H21F2N5O. The fraction of sp³-hybridized carbons (Fsp3) is 0.286. The number of aromatic nitrogens is 3. The first-order valence-corrected chi connectivity index (χ1v) is 9.53. The molecule has 1 fully saturated rings. The summed E-state index contributed by atoms with van der Waals surface area (Å²) in [7, 11) is 0. The van der Waals surface area contributed by atoms with Gasteiger partial charge in [-0.05, 0) is 49.1 Å². The second-order valence-electron chi connectivity index (χ2n) is 6.81. The van der Waals surface area contributed by atoms with E-state index in [1.807, 2.05) is 18.2 Å². The minimum Gasteiger partial charge on any atom is -0.435 e. The van der Waals surface area contributed by atoms with Crippen molar-refractivity contribution >= 4 is 17.3 Å². The highest BCUT2D eigenvalue weighted by Gasteiger charge is 2.12. The van der Waals surface area contributed by atoms with Crippen LogP contribution in [0.1, 0.15) is 19.3 Å². The Balaban J connectivity index is 1.49. The number of nitrogens with zero attached hydrogens (tertiary/aromatic N) is 4. The van der Waals surface area contributed by atoms with Crippen LogP contribution in [0.3, 0.4) is 0 Å². The van der Waals surface area contributed by atoms with Crippen molar-refractivity contribution in [3.8, 4) is 16.9 Å². The van der Waals surface area contributed by atoms with Gasteiger partial charge < -0.3 is 15.0 Å². The number of nitrogens with one attached hydrogen (secondary N) is 1. The average molecular weight is 397 g/mol. The van der Waals surface area contributed by atoms with Gasteiger partial charge in [0, 0.05) is 36.6 Å². The summed E-state index contributed by atoms with van der Waals surface area (Å²) < 4.78 is 29.0. The fourth-order valence-electron chi connectivity index (χ4n) is 3.35. The van der Waals surface area contributed by atoms with Crippen molar-refractivity contribution in [3.05, 3.63) is 54.9 Å². The summed E-state index contributed by atoms with van der Waals surface area (Å²) in [5.74, 6) is 1.66. The van der Waals surface area contributed by atoms with Crippen LogP contribution in [-0.4, -0.2) is 34.9 Å². The van der Waals surface area contributed by atoms with Crippen LogP contribution in [0.5, 0.6) is 5.75 Å². The summed E-state index contributed by atoms with van der Waals surface area (Å²) in [5, 5.41) is 11.5. The van der Waals surface area contributed by atoms with Gasteiger partial charge in [0.2, 0.25) is 0 Å². The number of pyridine rings is 1. The first-order valence-electron chi connectivity index (χ1n) is 9.53. The number of benzene rings is 1. The van der Waals surface area contributed by atoms with E-state index in [2.05, 4.69) is 30.1 Å². The predicted molar refractivity (Wildman–Crippen MR) is 108 cm³/mol. The molecule has 0 unspecified atom stereocenters. The number of rotatable bonds is 6. The Kier molecular flexibility index (Phi) is 5.79. The van der Waals surface area contributed by atoms with Crippen LogP contribution >= 0.6 is 0 Å². The molecular weight excluding hydrogens is 376 g/mol. The second kappa shape index (κ2) is 8.81. The lowest BCUT2D eigenvalue weighted by Crippen LogP contribution is -2.30. The Morgan fingerprint density at radius 1 is 0.966 bits per heavy atom. The topological polar surface area (TPSA) is 63.2 Å². The normalized spacial score (nSPS) is 14.1. The first kappa shape index (κ1) is 19.0. The molecule has 0 saturated carbocycles. The molecule has 29 heavy (non-hydrogen) atoms. The van der Waals surface area contributed by atoms with E-state index in [0.717, 1.165) is 35.7 Å². The van der Waals surface area contributed by atoms with E-state index in [9.17, 15) is 8.78 Å². The van der Waals surface area contributed by atoms with E-state index < -0.39 is 6.61 Å². The van der Waals surface area contributed by atoms with E-state index in [0.29, 0.717) is 5.82 Å². The molecule has 0 spiro atoms. The molecule has 2 aromatic heterocycles. The summed E-state index contributed by atoms with van der Waals surface area (Å²) in [6, 6.07) is 12.2. The number of piperidine rings is 1. The lowest BCUT2D eigenvalue weighted by molar-refractivity contribution is -0.0498. The van der Waals surface area contributed by atoms with Crippen molar-refractivity contribution < 1.29 is 13.5 Å². The molecule has 3 heterocycles. The Labute approximate surface area is 167 Å². The van der Waals surface area contributed by atoms with Crippen molar-refractivity contribution in [2.24, 2.45) is 0 Å². The Bertz CT molecular complexity index is 946. The van der Waals surface area contributed by atoms with E-state index >= 15 is 0 Å². The monoisotopic (exact) mass is 397 g/mol. The number of halogens is 2. The van der Waals surface area contributed by atoms with Crippen molar-refractivity contribution in [1.29, 1.82) is 0 Å². The highest BCUT2D eigenvalue weighted by atomic mass is 19.3. The molecule has 4 rings (SSSR count). The number of hydrogen-bond acceptors (Lipinski definition) is 6. The van der Waals surface area contributed by atoms with Gasteiger partial charge in [-0.2, -0.15) is 13.9 Å². The summed E-state index contributed by atoms with van der Waals surface area (Å²) >= 11 is 0. The van der Waals surface area contributed by atoms with Crippen molar-refractivity contribution in [2.45, 2.75) is 25.9 Å². The van der Waals surface area contributed by atoms with Crippen LogP contribution in [0.4, 0.5) is 26.1 Å². The third-order valence-electron chi connectivity index (χ3n) is 4.77. The minimum atomic E-state index is -2.84. The maximum Gasteiger partial charge on any atom is 0.387 e. The molecule has 1 N–H and O–H groups in total. The zero-order valence-electron chi connectivity index (χ0n) is 15.8. The van der Waals surface area contributed by atoms with Gasteiger partial charge in [-0.1, -0.05) is 12.1 Å². The SMILES string of the molecule is FC(F)Oc1ccc(-c2cnnc(Nc3ccnc(N4CCCCC4)c3)c2)cc1. The number of anilines is 3. The smallest absolute Gasteiger partial charge is 0.387 e. The maximum absolute atomic E-state index is 12.3. The van der Waals surface area contributed by atoms with Crippen LogP contribution in [0, 0.1) is 0 Å². The molecule has 0 atom stereocenters. The van der Waals surface area contributed by atoms with Gasteiger partial charge in [-0.3, -0.25) is 0 Å². The zero-order chi connectivity index (χ0) is 20.1. The lowest BCUT2D eigenvalue weighted by atomic mass is 10.1.